The molecule has 27 heavy (non-hydrogen) atoms. The van der Waals surface area contributed by atoms with Crippen molar-refractivity contribution >= 4 is 16.7 Å². The van der Waals surface area contributed by atoms with Crippen LogP contribution in [0.25, 0.3) is 22.2 Å². The van der Waals surface area contributed by atoms with Gasteiger partial charge in [0, 0.05) is 30.7 Å². The highest BCUT2D eigenvalue weighted by Gasteiger charge is 2.07. The summed E-state index contributed by atoms with van der Waals surface area (Å²) in [6.07, 6.45) is 2.33. The summed E-state index contributed by atoms with van der Waals surface area (Å²) in [6, 6.07) is 13.7. The van der Waals surface area contributed by atoms with Gasteiger partial charge in [-0.1, -0.05) is 13.0 Å². The Kier molecular flexibility index (Phi) is 6.57. The van der Waals surface area contributed by atoms with Gasteiger partial charge in [0.05, 0.1) is 11.2 Å². The van der Waals surface area contributed by atoms with E-state index in [9.17, 15) is 5.11 Å². The topological polar surface area (TPSA) is 79.3 Å². The number of hydrogen-bond donors (Lipinski definition) is 3. The monoisotopic (exact) mass is 366 g/mol. The van der Waals surface area contributed by atoms with Crippen molar-refractivity contribution in [3.63, 3.8) is 0 Å². The van der Waals surface area contributed by atoms with E-state index >= 15 is 0 Å². The third kappa shape index (κ3) is 5.15. The minimum atomic E-state index is -0.527. The zero-order chi connectivity index (χ0) is 19.1. The number of benzene rings is 1. The molecule has 0 bridgehead atoms. The van der Waals surface area contributed by atoms with Crippen molar-refractivity contribution in [3.8, 4) is 17.0 Å². The maximum atomic E-state index is 9.94. The van der Waals surface area contributed by atoms with Crippen molar-refractivity contribution in [3.05, 3.63) is 48.7 Å². The fourth-order valence-corrected chi connectivity index (χ4v) is 2.74. The fourth-order valence-electron chi connectivity index (χ4n) is 2.74. The van der Waals surface area contributed by atoms with Crippen LogP contribution in [-0.2, 0) is 0 Å². The minimum Gasteiger partial charge on any atom is -0.491 e. The fraction of sp³-hybridized carbons (Fsp3) is 0.333. The van der Waals surface area contributed by atoms with Crippen molar-refractivity contribution in [2.75, 3.05) is 32.1 Å². The number of anilines is 1. The molecule has 0 saturated heterocycles. The number of fused-ring (bicyclic) bond motifs is 1. The third-order valence-electron chi connectivity index (χ3n) is 4.23. The van der Waals surface area contributed by atoms with Gasteiger partial charge in [0.15, 0.2) is 0 Å². The molecule has 0 amide bonds. The third-order valence-corrected chi connectivity index (χ3v) is 4.23. The molecular formula is C21H26N4O2. The molecule has 3 rings (SSSR count). The Hall–Kier alpha value is -2.70. The second-order valence-corrected chi connectivity index (χ2v) is 6.40. The summed E-state index contributed by atoms with van der Waals surface area (Å²) < 4.78 is 5.71. The smallest absolute Gasteiger partial charge is 0.125 e. The van der Waals surface area contributed by atoms with E-state index in [1.165, 1.54) is 0 Å². The zero-order valence-electron chi connectivity index (χ0n) is 15.8. The number of pyridine rings is 2. The SMILES string of the molecule is CCCNC[C@@H](O)COc1ccc2nc(-c3ccc(NC)nc3)ccc2c1. The number of aromatic nitrogens is 2. The number of rotatable bonds is 9. The summed E-state index contributed by atoms with van der Waals surface area (Å²) >= 11 is 0. The Morgan fingerprint density at radius 2 is 2.04 bits per heavy atom. The molecule has 142 valence electrons. The number of hydrogen-bond acceptors (Lipinski definition) is 6. The van der Waals surface area contributed by atoms with Crippen LogP contribution in [0.1, 0.15) is 13.3 Å². The highest BCUT2D eigenvalue weighted by Crippen LogP contribution is 2.24. The first-order valence-corrected chi connectivity index (χ1v) is 9.26. The number of ether oxygens (including phenoxy) is 1. The molecule has 0 saturated carbocycles. The van der Waals surface area contributed by atoms with Gasteiger partial charge in [-0.2, -0.15) is 0 Å². The van der Waals surface area contributed by atoms with Crippen molar-refractivity contribution < 1.29 is 9.84 Å². The Morgan fingerprint density at radius 3 is 2.78 bits per heavy atom. The molecule has 0 aliphatic rings. The highest BCUT2D eigenvalue weighted by molar-refractivity contribution is 5.82. The predicted octanol–water partition coefficient (Wildman–Crippen LogP) is 3.08. The summed E-state index contributed by atoms with van der Waals surface area (Å²) in [5.74, 6) is 1.56. The molecule has 6 heteroatoms. The van der Waals surface area contributed by atoms with E-state index in [0.717, 1.165) is 46.7 Å². The van der Waals surface area contributed by atoms with Crippen molar-refractivity contribution in [1.29, 1.82) is 0 Å². The maximum absolute atomic E-state index is 9.94. The molecule has 3 aromatic rings. The first-order valence-electron chi connectivity index (χ1n) is 9.26. The number of nitrogens with zero attached hydrogens (tertiary/aromatic N) is 2. The average molecular weight is 366 g/mol. The normalized spacial score (nSPS) is 12.1. The molecule has 1 aromatic carbocycles. The molecule has 0 aliphatic heterocycles. The Labute approximate surface area is 159 Å². The summed E-state index contributed by atoms with van der Waals surface area (Å²) in [4.78, 5) is 9.05. The van der Waals surface area contributed by atoms with Crippen LogP contribution in [0.15, 0.2) is 48.7 Å². The highest BCUT2D eigenvalue weighted by atomic mass is 16.5. The summed E-state index contributed by atoms with van der Waals surface area (Å²) in [6.45, 7) is 3.79. The lowest BCUT2D eigenvalue weighted by molar-refractivity contribution is 0.106. The molecule has 0 spiro atoms. The van der Waals surface area contributed by atoms with Gasteiger partial charge in [-0.25, -0.2) is 9.97 Å². The van der Waals surface area contributed by atoms with Crippen LogP contribution in [0.2, 0.25) is 0 Å². The van der Waals surface area contributed by atoms with E-state index in [4.69, 9.17) is 9.72 Å². The van der Waals surface area contributed by atoms with E-state index < -0.39 is 6.10 Å². The van der Waals surface area contributed by atoms with Crippen molar-refractivity contribution in [2.24, 2.45) is 0 Å². The summed E-state index contributed by atoms with van der Waals surface area (Å²) in [7, 11) is 1.84. The van der Waals surface area contributed by atoms with Gasteiger partial charge in [0.2, 0.25) is 0 Å². The zero-order valence-corrected chi connectivity index (χ0v) is 15.8. The number of nitrogens with one attached hydrogen (secondary N) is 2. The van der Waals surface area contributed by atoms with Gasteiger partial charge in [-0.05, 0) is 49.4 Å². The number of aliphatic hydroxyl groups is 1. The van der Waals surface area contributed by atoms with Crippen molar-refractivity contribution in [2.45, 2.75) is 19.4 Å². The first-order chi connectivity index (χ1) is 13.2. The number of aliphatic hydroxyl groups excluding tert-OH is 1. The van der Waals surface area contributed by atoms with Crippen LogP contribution in [0.4, 0.5) is 5.82 Å². The molecule has 0 aliphatic carbocycles. The minimum absolute atomic E-state index is 0.261. The molecule has 2 aromatic heterocycles. The van der Waals surface area contributed by atoms with Gasteiger partial charge >= 0.3 is 0 Å². The predicted molar refractivity (Wildman–Crippen MR) is 109 cm³/mol. The van der Waals surface area contributed by atoms with Crippen LogP contribution >= 0.6 is 0 Å². The van der Waals surface area contributed by atoms with Gasteiger partial charge < -0.3 is 20.5 Å². The van der Waals surface area contributed by atoms with E-state index in [2.05, 4.69) is 22.5 Å². The molecule has 0 unspecified atom stereocenters. The second-order valence-electron chi connectivity index (χ2n) is 6.40. The van der Waals surface area contributed by atoms with Gasteiger partial charge in [-0.15, -0.1) is 0 Å². The second kappa shape index (κ2) is 9.30. The molecular weight excluding hydrogens is 340 g/mol. The van der Waals surface area contributed by atoms with Crippen LogP contribution < -0.4 is 15.4 Å². The quantitative estimate of drug-likeness (QED) is 0.505. The lowest BCUT2D eigenvalue weighted by Gasteiger charge is -2.13. The van der Waals surface area contributed by atoms with E-state index in [1.807, 2.05) is 55.7 Å². The molecule has 0 fully saturated rings. The van der Waals surface area contributed by atoms with Crippen LogP contribution in [-0.4, -0.2) is 47.9 Å². The lowest BCUT2D eigenvalue weighted by atomic mass is 10.1. The molecule has 0 radical (unpaired) electrons. The maximum Gasteiger partial charge on any atom is 0.125 e. The standard InChI is InChI=1S/C21H26N4O2/c1-3-10-23-13-17(26)14-27-18-6-8-19-15(11-18)4-7-20(25-19)16-5-9-21(22-2)24-12-16/h4-9,11-12,17,23,26H,3,10,13-14H2,1-2H3,(H,22,24)/t17-/m1/s1. The Bertz CT molecular complexity index is 868. The van der Waals surface area contributed by atoms with Gasteiger partial charge in [-0.3, -0.25) is 0 Å². The molecule has 3 N–H and O–H groups in total. The van der Waals surface area contributed by atoms with Crippen LogP contribution in [0, 0.1) is 0 Å². The van der Waals surface area contributed by atoms with Crippen LogP contribution in [0.5, 0.6) is 5.75 Å². The van der Waals surface area contributed by atoms with Gasteiger partial charge in [0.1, 0.15) is 24.3 Å². The largest absolute Gasteiger partial charge is 0.491 e. The molecule has 1 atom stereocenters. The van der Waals surface area contributed by atoms with E-state index in [-0.39, 0.29) is 6.61 Å². The Balaban J connectivity index is 1.67. The van der Waals surface area contributed by atoms with Crippen LogP contribution in [0.3, 0.4) is 0 Å². The van der Waals surface area contributed by atoms with Gasteiger partial charge in [0.25, 0.3) is 0 Å². The van der Waals surface area contributed by atoms with E-state index in [0.29, 0.717) is 6.54 Å². The summed E-state index contributed by atoms with van der Waals surface area (Å²) in [5, 5.41) is 17.1. The molecule has 2 heterocycles. The van der Waals surface area contributed by atoms with Crippen molar-refractivity contribution in [1.82, 2.24) is 15.3 Å². The molecule has 6 nitrogen and oxygen atoms in total. The van der Waals surface area contributed by atoms with E-state index in [1.54, 1.807) is 0 Å². The first kappa shape index (κ1) is 19.1. The Morgan fingerprint density at radius 1 is 1.15 bits per heavy atom. The lowest BCUT2D eigenvalue weighted by Crippen LogP contribution is -2.31. The summed E-state index contributed by atoms with van der Waals surface area (Å²) in [5.41, 5.74) is 2.74. The average Bonchev–Trinajstić information content (AvgIpc) is 2.72.